The number of benzene rings is 1. The molecule has 0 aliphatic rings. The van der Waals surface area contributed by atoms with Crippen LogP contribution in [0.5, 0.6) is 0 Å². The second-order valence-corrected chi connectivity index (χ2v) is 4.60. The van der Waals surface area contributed by atoms with Crippen LogP contribution < -0.4 is 5.73 Å². The molecule has 3 heteroatoms. The summed E-state index contributed by atoms with van der Waals surface area (Å²) in [5, 5.41) is 5.59. The zero-order valence-electron chi connectivity index (χ0n) is 10.5. The first-order valence-corrected chi connectivity index (χ1v) is 6.52. The summed E-state index contributed by atoms with van der Waals surface area (Å²) in [4.78, 5) is 0. The van der Waals surface area contributed by atoms with E-state index < -0.39 is 0 Å². The average molecular weight is 231 g/mol. The van der Waals surface area contributed by atoms with Crippen LogP contribution in [0.15, 0.2) is 24.4 Å². The van der Waals surface area contributed by atoms with E-state index in [1.165, 1.54) is 37.5 Å². The van der Waals surface area contributed by atoms with E-state index in [1.807, 2.05) is 24.4 Å². The molecule has 0 amide bonds. The molecule has 0 saturated carbocycles. The van der Waals surface area contributed by atoms with Crippen molar-refractivity contribution < 1.29 is 0 Å². The number of nitrogens with zero attached hydrogens (tertiary/aromatic N) is 2. The van der Waals surface area contributed by atoms with Gasteiger partial charge < -0.3 is 5.73 Å². The van der Waals surface area contributed by atoms with Gasteiger partial charge in [-0.05, 0) is 24.6 Å². The molecule has 0 unspecified atom stereocenters. The van der Waals surface area contributed by atoms with E-state index in [2.05, 4.69) is 16.7 Å². The fraction of sp³-hybridized carbons (Fsp3) is 0.500. The molecule has 0 aliphatic heterocycles. The number of rotatable bonds is 6. The van der Waals surface area contributed by atoms with Gasteiger partial charge in [0.2, 0.25) is 0 Å². The SMILES string of the molecule is CCCCCCCn1ncc2ccc(N)cc21. The predicted octanol–water partition coefficient (Wildman–Crippen LogP) is 3.59. The van der Waals surface area contributed by atoms with Crippen LogP contribution in [-0.4, -0.2) is 9.78 Å². The molecule has 3 nitrogen and oxygen atoms in total. The van der Waals surface area contributed by atoms with Crippen LogP contribution in [-0.2, 0) is 6.54 Å². The minimum atomic E-state index is 0.810. The molecule has 17 heavy (non-hydrogen) atoms. The van der Waals surface area contributed by atoms with Crippen LogP contribution in [0.4, 0.5) is 5.69 Å². The predicted molar refractivity (Wildman–Crippen MR) is 72.9 cm³/mol. The lowest BCUT2D eigenvalue weighted by molar-refractivity contribution is 0.544. The van der Waals surface area contributed by atoms with Gasteiger partial charge in [0.15, 0.2) is 0 Å². The Morgan fingerprint density at radius 3 is 2.82 bits per heavy atom. The summed E-state index contributed by atoms with van der Waals surface area (Å²) in [5.41, 5.74) is 7.77. The largest absolute Gasteiger partial charge is 0.399 e. The number of fused-ring (bicyclic) bond motifs is 1. The Bertz CT molecular complexity index is 473. The Kier molecular flexibility index (Phi) is 4.02. The summed E-state index contributed by atoms with van der Waals surface area (Å²) < 4.78 is 2.07. The summed E-state index contributed by atoms with van der Waals surface area (Å²) in [6.45, 7) is 3.24. The first kappa shape index (κ1) is 12.0. The maximum atomic E-state index is 5.81. The molecule has 0 saturated heterocycles. The summed E-state index contributed by atoms with van der Waals surface area (Å²) in [6, 6.07) is 5.97. The van der Waals surface area contributed by atoms with Crippen molar-refractivity contribution in [2.24, 2.45) is 0 Å². The highest BCUT2D eigenvalue weighted by molar-refractivity contribution is 5.81. The molecule has 0 bridgehead atoms. The van der Waals surface area contributed by atoms with Crippen molar-refractivity contribution >= 4 is 16.6 Å². The van der Waals surface area contributed by atoms with E-state index in [9.17, 15) is 0 Å². The van der Waals surface area contributed by atoms with Gasteiger partial charge in [-0.1, -0.05) is 32.6 Å². The zero-order valence-corrected chi connectivity index (χ0v) is 10.5. The number of aromatic nitrogens is 2. The normalized spacial score (nSPS) is 11.1. The van der Waals surface area contributed by atoms with Gasteiger partial charge in [-0.15, -0.1) is 0 Å². The molecule has 1 heterocycles. The van der Waals surface area contributed by atoms with Crippen molar-refractivity contribution in [2.75, 3.05) is 5.73 Å². The number of unbranched alkanes of at least 4 members (excludes halogenated alkanes) is 4. The highest BCUT2D eigenvalue weighted by Gasteiger charge is 2.02. The first-order valence-electron chi connectivity index (χ1n) is 6.52. The number of nitrogens with two attached hydrogens (primary N) is 1. The topological polar surface area (TPSA) is 43.8 Å². The molecule has 2 aromatic rings. The number of hydrogen-bond donors (Lipinski definition) is 1. The maximum absolute atomic E-state index is 5.81. The zero-order chi connectivity index (χ0) is 12.1. The number of aryl methyl sites for hydroxylation is 1. The Labute approximate surface area is 103 Å². The minimum absolute atomic E-state index is 0.810. The van der Waals surface area contributed by atoms with Gasteiger partial charge in [0.1, 0.15) is 0 Å². The lowest BCUT2D eigenvalue weighted by atomic mass is 10.1. The lowest BCUT2D eigenvalue weighted by Crippen LogP contribution is -2.00. The monoisotopic (exact) mass is 231 g/mol. The van der Waals surface area contributed by atoms with Gasteiger partial charge in [-0.25, -0.2) is 0 Å². The number of anilines is 1. The number of hydrogen-bond acceptors (Lipinski definition) is 2. The van der Waals surface area contributed by atoms with Gasteiger partial charge in [-0.2, -0.15) is 5.10 Å². The Morgan fingerprint density at radius 1 is 1.18 bits per heavy atom. The smallest absolute Gasteiger partial charge is 0.0702 e. The third-order valence-electron chi connectivity index (χ3n) is 3.14. The van der Waals surface area contributed by atoms with Gasteiger partial charge in [0.25, 0.3) is 0 Å². The second kappa shape index (κ2) is 5.71. The molecule has 1 aromatic heterocycles. The average Bonchev–Trinajstić information content (AvgIpc) is 2.72. The van der Waals surface area contributed by atoms with Gasteiger partial charge >= 0.3 is 0 Å². The summed E-state index contributed by atoms with van der Waals surface area (Å²) in [5.74, 6) is 0. The molecule has 0 radical (unpaired) electrons. The summed E-state index contributed by atoms with van der Waals surface area (Å²) in [6.07, 6.45) is 8.37. The van der Waals surface area contributed by atoms with Crippen molar-refractivity contribution in [3.8, 4) is 0 Å². The Balaban J connectivity index is 1.96. The molecule has 0 fully saturated rings. The van der Waals surface area contributed by atoms with E-state index in [0.29, 0.717) is 0 Å². The molecule has 0 spiro atoms. The van der Waals surface area contributed by atoms with E-state index in [-0.39, 0.29) is 0 Å². The lowest BCUT2D eigenvalue weighted by Gasteiger charge is -2.04. The molecule has 92 valence electrons. The standard InChI is InChI=1S/C14H21N3/c1-2-3-4-5-6-9-17-14-10-13(15)8-7-12(14)11-16-17/h7-8,10-11H,2-6,9,15H2,1H3. The Morgan fingerprint density at radius 2 is 2.00 bits per heavy atom. The minimum Gasteiger partial charge on any atom is -0.399 e. The van der Waals surface area contributed by atoms with Gasteiger partial charge in [-0.3, -0.25) is 4.68 Å². The van der Waals surface area contributed by atoms with Crippen LogP contribution >= 0.6 is 0 Å². The van der Waals surface area contributed by atoms with E-state index in [1.54, 1.807) is 0 Å². The molecule has 0 atom stereocenters. The highest BCUT2D eigenvalue weighted by atomic mass is 15.3. The van der Waals surface area contributed by atoms with Gasteiger partial charge in [0.05, 0.1) is 11.7 Å². The van der Waals surface area contributed by atoms with Crippen LogP contribution in [0, 0.1) is 0 Å². The molecular weight excluding hydrogens is 210 g/mol. The van der Waals surface area contributed by atoms with E-state index in [0.717, 1.165) is 17.7 Å². The van der Waals surface area contributed by atoms with Crippen LogP contribution in [0.25, 0.3) is 10.9 Å². The third kappa shape index (κ3) is 2.99. The fourth-order valence-electron chi connectivity index (χ4n) is 2.13. The number of nitrogen functional groups attached to an aromatic ring is 1. The van der Waals surface area contributed by atoms with E-state index in [4.69, 9.17) is 5.73 Å². The maximum Gasteiger partial charge on any atom is 0.0702 e. The fourth-order valence-corrected chi connectivity index (χ4v) is 2.13. The molecule has 0 aliphatic carbocycles. The van der Waals surface area contributed by atoms with Crippen molar-refractivity contribution in [2.45, 2.75) is 45.6 Å². The molecular formula is C14H21N3. The molecule has 2 N–H and O–H groups in total. The van der Waals surface area contributed by atoms with Crippen molar-refractivity contribution in [1.82, 2.24) is 9.78 Å². The molecule has 1 aromatic carbocycles. The van der Waals surface area contributed by atoms with Crippen molar-refractivity contribution in [3.05, 3.63) is 24.4 Å². The first-order chi connectivity index (χ1) is 8.31. The van der Waals surface area contributed by atoms with Gasteiger partial charge in [0, 0.05) is 17.6 Å². The van der Waals surface area contributed by atoms with Crippen LogP contribution in [0.1, 0.15) is 39.0 Å². The highest BCUT2D eigenvalue weighted by Crippen LogP contribution is 2.17. The van der Waals surface area contributed by atoms with E-state index >= 15 is 0 Å². The second-order valence-electron chi connectivity index (χ2n) is 4.60. The quantitative estimate of drug-likeness (QED) is 0.610. The van der Waals surface area contributed by atoms with Crippen LogP contribution in [0.2, 0.25) is 0 Å². The third-order valence-corrected chi connectivity index (χ3v) is 3.14. The molecule has 2 rings (SSSR count). The van der Waals surface area contributed by atoms with Crippen molar-refractivity contribution in [3.63, 3.8) is 0 Å². The summed E-state index contributed by atoms with van der Waals surface area (Å²) in [7, 11) is 0. The van der Waals surface area contributed by atoms with Crippen LogP contribution in [0.3, 0.4) is 0 Å². The van der Waals surface area contributed by atoms with Crippen molar-refractivity contribution in [1.29, 1.82) is 0 Å². The Hall–Kier alpha value is -1.51. The summed E-state index contributed by atoms with van der Waals surface area (Å²) >= 11 is 0.